The Hall–Kier alpha value is -1.56. The van der Waals surface area contributed by atoms with Gasteiger partial charge in [0, 0.05) is 23.2 Å². The Bertz CT molecular complexity index is 499. The molecule has 0 radical (unpaired) electrons. The van der Waals surface area contributed by atoms with Gasteiger partial charge < -0.3 is 15.3 Å². The Morgan fingerprint density at radius 3 is 2.65 bits per heavy atom. The Morgan fingerprint density at radius 2 is 2.05 bits per heavy atom. The molecule has 1 fully saturated rings. The monoisotopic (exact) mass is 340 g/mol. The van der Waals surface area contributed by atoms with E-state index in [0.29, 0.717) is 25.9 Å². The predicted octanol–water partition coefficient (Wildman–Crippen LogP) is 2.18. The van der Waals surface area contributed by atoms with Crippen LogP contribution in [0.2, 0.25) is 0 Å². The molecule has 0 saturated carbocycles. The molecular formula is C14H17BrN2O3. The van der Waals surface area contributed by atoms with Crippen LogP contribution in [0.3, 0.4) is 0 Å². The van der Waals surface area contributed by atoms with Crippen LogP contribution >= 0.6 is 15.9 Å². The summed E-state index contributed by atoms with van der Waals surface area (Å²) in [6.07, 6.45) is 1.08. The number of nitrogens with zero attached hydrogens (tertiary/aromatic N) is 1. The summed E-state index contributed by atoms with van der Waals surface area (Å²) in [6, 6.07) is 7.62. The number of carbonyl (C=O) groups is 2. The van der Waals surface area contributed by atoms with Crippen LogP contribution in [0.4, 0.5) is 5.69 Å². The van der Waals surface area contributed by atoms with Crippen LogP contribution in [-0.2, 0) is 9.59 Å². The van der Waals surface area contributed by atoms with Crippen LogP contribution in [0.5, 0.6) is 0 Å². The summed E-state index contributed by atoms with van der Waals surface area (Å²) in [7, 11) is 0. The summed E-state index contributed by atoms with van der Waals surface area (Å²) in [4.78, 5) is 24.6. The van der Waals surface area contributed by atoms with E-state index in [1.165, 1.54) is 0 Å². The zero-order chi connectivity index (χ0) is 14.5. The van der Waals surface area contributed by atoms with Crippen molar-refractivity contribution in [3.05, 3.63) is 28.7 Å². The van der Waals surface area contributed by atoms with Gasteiger partial charge in [-0.25, -0.2) is 0 Å². The average Bonchev–Trinajstić information content (AvgIpc) is 2.45. The average molecular weight is 341 g/mol. The van der Waals surface area contributed by atoms with Gasteiger partial charge in [-0.2, -0.15) is 0 Å². The number of nitrogens with one attached hydrogen (secondary N) is 1. The fourth-order valence-corrected chi connectivity index (χ4v) is 2.66. The fraction of sp³-hybridized carbons (Fsp3) is 0.429. The smallest absolute Gasteiger partial charge is 0.306 e. The highest BCUT2D eigenvalue weighted by molar-refractivity contribution is 9.10. The molecule has 6 heteroatoms. The van der Waals surface area contributed by atoms with E-state index in [4.69, 9.17) is 5.11 Å². The maximum atomic E-state index is 12.0. The number of carbonyl (C=O) groups excluding carboxylic acids is 1. The quantitative estimate of drug-likeness (QED) is 0.881. The second-order valence-electron chi connectivity index (χ2n) is 4.86. The maximum Gasteiger partial charge on any atom is 0.306 e. The zero-order valence-electron chi connectivity index (χ0n) is 11.0. The molecule has 0 unspecified atom stereocenters. The number of hydrogen-bond acceptors (Lipinski definition) is 3. The van der Waals surface area contributed by atoms with Crippen LogP contribution in [-0.4, -0.2) is 41.5 Å². The molecule has 2 N–H and O–H groups in total. The van der Waals surface area contributed by atoms with Crippen molar-refractivity contribution in [2.24, 2.45) is 5.92 Å². The van der Waals surface area contributed by atoms with Gasteiger partial charge in [0.15, 0.2) is 0 Å². The highest BCUT2D eigenvalue weighted by Gasteiger charge is 2.26. The first-order chi connectivity index (χ1) is 9.56. The number of anilines is 1. The summed E-state index contributed by atoms with van der Waals surface area (Å²) in [5.41, 5.74) is 0.883. The third-order valence-electron chi connectivity index (χ3n) is 3.47. The molecule has 2 rings (SSSR count). The summed E-state index contributed by atoms with van der Waals surface area (Å²) >= 11 is 3.37. The van der Waals surface area contributed by atoms with Crippen LogP contribution in [0.25, 0.3) is 0 Å². The SMILES string of the molecule is O=C(O)C1CCN(C(=O)CNc2cccc(Br)c2)CC1. The summed E-state index contributed by atoms with van der Waals surface area (Å²) in [6.45, 7) is 1.28. The van der Waals surface area contributed by atoms with Crippen LogP contribution in [0.15, 0.2) is 28.7 Å². The molecule has 5 nitrogen and oxygen atoms in total. The Balaban J connectivity index is 1.80. The normalized spacial score (nSPS) is 15.9. The standard InChI is InChI=1S/C14H17BrN2O3/c15-11-2-1-3-12(8-11)16-9-13(18)17-6-4-10(5-7-17)14(19)20/h1-3,8,10,16H,4-7,9H2,(H,19,20). The molecule has 1 amide bonds. The van der Waals surface area contributed by atoms with Crippen LogP contribution < -0.4 is 5.32 Å². The Morgan fingerprint density at radius 1 is 1.35 bits per heavy atom. The Labute approximate surface area is 126 Å². The second kappa shape index (κ2) is 6.74. The molecule has 0 bridgehead atoms. The summed E-state index contributed by atoms with van der Waals surface area (Å²) in [5, 5.41) is 12.0. The van der Waals surface area contributed by atoms with E-state index < -0.39 is 5.97 Å². The van der Waals surface area contributed by atoms with Crippen molar-refractivity contribution in [2.75, 3.05) is 25.0 Å². The topological polar surface area (TPSA) is 69.6 Å². The number of benzene rings is 1. The van der Waals surface area contributed by atoms with Crippen molar-refractivity contribution in [1.29, 1.82) is 0 Å². The van der Waals surface area contributed by atoms with Crippen molar-refractivity contribution < 1.29 is 14.7 Å². The summed E-state index contributed by atoms with van der Waals surface area (Å²) < 4.78 is 0.956. The molecule has 0 aromatic heterocycles. The van der Waals surface area contributed by atoms with Gasteiger partial charge >= 0.3 is 5.97 Å². The lowest BCUT2D eigenvalue weighted by Crippen LogP contribution is -2.42. The first-order valence-electron chi connectivity index (χ1n) is 6.56. The fourth-order valence-electron chi connectivity index (χ4n) is 2.26. The molecule has 1 saturated heterocycles. The number of carboxylic acids is 1. The predicted molar refractivity (Wildman–Crippen MR) is 79.6 cm³/mol. The molecule has 1 aliphatic rings. The zero-order valence-corrected chi connectivity index (χ0v) is 12.6. The van der Waals surface area contributed by atoms with Crippen molar-refractivity contribution in [1.82, 2.24) is 4.90 Å². The minimum atomic E-state index is -0.760. The van der Waals surface area contributed by atoms with Gasteiger partial charge in [-0.05, 0) is 31.0 Å². The molecule has 108 valence electrons. The van der Waals surface area contributed by atoms with Crippen LogP contribution in [0, 0.1) is 5.92 Å². The third-order valence-corrected chi connectivity index (χ3v) is 3.96. The molecule has 1 heterocycles. The van der Waals surface area contributed by atoms with E-state index in [1.807, 2.05) is 24.3 Å². The minimum Gasteiger partial charge on any atom is -0.481 e. The van der Waals surface area contributed by atoms with Crippen molar-refractivity contribution >= 4 is 33.5 Å². The van der Waals surface area contributed by atoms with Gasteiger partial charge in [-0.15, -0.1) is 0 Å². The van der Waals surface area contributed by atoms with Crippen molar-refractivity contribution in [3.8, 4) is 0 Å². The number of piperidine rings is 1. The number of hydrogen-bond donors (Lipinski definition) is 2. The van der Waals surface area contributed by atoms with Gasteiger partial charge in [0.25, 0.3) is 0 Å². The van der Waals surface area contributed by atoms with E-state index in [9.17, 15) is 9.59 Å². The number of carboxylic acid groups (broad SMARTS) is 1. The van der Waals surface area contributed by atoms with Crippen molar-refractivity contribution in [3.63, 3.8) is 0 Å². The van der Waals surface area contributed by atoms with E-state index in [1.54, 1.807) is 4.90 Å². The van der Waals surface area contributed by atoms with Gasteiger partial charge in [0.2, 0.25) is 5.91 Å². The lowest BCUT2D eigenvalue weighted by molar-refractivity contribution is -0.145. The highest BCUT2D eigenvalue weighted by atomic mass is 79.9. The second-order valence-corrected chi connectivity index (χ2v) is 5.77. The molecule has 20 heavy (non-hydrogen) atoms. The number of aliphatic carboxylic acids is 1. The van der Waals surface area contributed by atoms with Crippen LogP contribution in [0.1, 0.15) is 12.8 Å². The molecule has 1 aromatic rings. The molecule has 1 aliphatic heterocycles. The minimum absolute atomic E-state index is 0.00816. The number of halogens is 1. The summed E-state index contributed by atoms with van der Waals surface area (Å²) in [5.74, 6) is -1.06. The third kappa shape index (κ3) is 3.96. The maximum absolute atomic E-state index is 12.0. The molecular weight excluding hydrogens is 324 g/mol. The van der Waals surface area contributed by atoms with E-state index in [0.717, 1.165) is 10.2 Å². The lowest BCUT2D eigenvalue weighted by atomic mass is 9.97. The molecule has 0 aliphatic carbocycles. The van der Waals surface area contributed by atoms with E-state index in [2.05, 4.69) is 21.2 Å². The lowest BCUT2D eigenvalue weighted by Gasteiger charge is -2.30. The van der Waals surface area contributed by atoms with Gasteiger partial charge in [0.1, 0.15) is 0 Å². The first kappa shape index (κ1) is 14.8. The van der Waals surface area contributed by atoms with Gasteiger partial charge in [-0.1, -0.05) is 22.0 Å². The van der Waals surface area contributed by atoms with Gasteiger partial charge in [0.05, 0.1) is 12.5 Å². The number of rotatable bonds is 4. The molecule has 0 atom stereocenters. The van der Waals surface area contributed by atoms with Crippen molar-refractivity contribution in [2.45, 2.75) is 12.8 Å². The van der Waals surface area contributed by atoms with E-state index >= 15 is 0 Å². The molecule has 0 spiro atoms. The highest BCUT2D eigenvalue weighted by Crippen LogP contribution is 2.18. The first-order valence-corrected chi connectivity index (χ1v) is 7.35. The number of amides is 1. The van der Waals surface area contributed by atoms with E-state index in [-0.39, 0.29) is 18.4 Å². The largest absolute Gasteiger partial charge is 0.481 e. The van der Waals surface area contributed by atoms with Gasteiger partial charge in [-0.3, -0.25) is 9.59 Å². The number of likely N-dealkylation sites (tertiary alicyclic amines) is 1. The Kier molecular flexibility index (Phi) is 5.00. The molecule has 1 aromatic carbocycles.